The van der Waals surface area contributed by atoms with Crippen LogP contribution in [0.2, 0.25) is 0 Å². The van der Waals surface area contributed by atoms with E-state index in [9.17, 15) is 4.79 Å². The van der Waals surface area contributed by atoms with Gasteiger partial charge in [0.15, 0.2) is 11.5 Å². The zero-order valence-corrected chi connectivity index (χ0v) is 19.4. The number of amides is 1. The number of carbonyl (C=O) groups is 1. The normalized spacial score (nSPS) is 19.6. The average Bonchev–Trinajstić information content (AvgIpc) is 3.38. The molecule has 0 aliphatic carbocycles. The molecule has 168 valence electrons. The number of aromatic nitrogens is 1. The average molecular weight is 452 g/mol. The highest BCUT2D eigenvalue weighted by Crippen LogP contribution is 2.38. The Labute approximate surface area is 192 Å². The van der Waals surface area contributed by atoms with E-state index in [1.54, 1.807) is 11.3 Å². The summed E-state index contributed by atoms with van der Waals surface area (Å²) in [6, 6.07) is 14.5. The molecule has 5 rings (SSSR count). The molecule has 1 fully saturated rings. The molecule has 2 aliphatic heterocycles. The van der Waals surface area contributed by atoms with Crippen LogP contribution < -0.4 is 9.47 Å². The Bertz CT molecular complexity index is 1080. The molecule has 32 heavy (non-hydrogen) atoms. The fourth-order valence-corrected chi connectivity index (χ4v) is 5.58. The molecule has 7 heteroatoms. The Morgan fingerprint density at radius 2 is 2.00 bits per heavy atom. The van der Waals surface area contributed by atoms with Crippen LogP contribution in [0.3, 0.4) is 0 Å². The van der Waals surface area contributed by atoms with Gasteiger partial charge in [-0.25, -0.2) is 4.98 Å². The highest BCUT2D eigenvalue weighted by atomic mass is 32.1. The van der Waals surface area contributed by atoms with Crippen LogP contribution in [-0.4, -0.2) is 54.0 Å². The number of para-hydroxylation sites is 1. The molecule has 1 saturated heterocycles. The van der Waals surface area contributed by atoms with Gasteiger partial charge in [0.25, 0.3) is 0 Å². The molecule has 1 amide bonds. The first-order valence-corrected chi connectivity index (χ1v) is 12.2. The van der Waals surface area contributed by atoms with E-state index in [1.807, 2.05) is 36.2 Å². The van der Waals surface area contributed by atoms with Crippen molar-refractivity contribution in [2.75, 3.05) is 33.4 Å². The fraction of sp³-hybridized carbons (Fsp3) is 0.440. The van der Waals surface area contributed by atoms with Crippen LogP contribution in [0.5, 0.6) is 11.5 Å². The van der Waals surface area contributed by atoms with Crippen molar-refractivity contribution in [2.45, 2.75) is 38.3 Å². The maximum absolute atomic E-state index is 13.2. The van der Waals surface area contributed by atoms with Crippen molar-refractivity contribution in [3.63, 3.8) is 0 Å². The Kier molecular flexibility index (Phi) is 6.02. The highest BCUT2D eigenvalue weighted by molar-refractivity contribution is 7.18. The third-order valence-corrected chi connectivity index (χ3v) is 7.71. The van der Waals surface area contributed by atoms with E-state index < -0.39 is 0 Å². The van der Waals surface area contributed by atoms with Gasteiger partial charge in [0.05, 0.1) is 36.0 Å². The molecule has 2 atom stereocenters. The lowest BCUT2D eigenvalue weighted by Gasteiger charge is -2.29. The lowest BCUT2D eigenvalue weighted by atomic mass is 10.0. The molecule has 0 radical (unpaired) electrons. The van der Waals surface area contributed by atoms with E-state index in [1.165, 1.54) is 5.56 Å². The molecule has 0 spiro atoms. The van der Waals surface area contributed by atoms with E-state index in [0.717, 1.165) is 52.5 Å². The minimum atomic E-state index is -0.0565. The van der Waals surface area contributed by atoms with Gasteiger partial charge >= 0.3 is 0 Å². The van der Waals surface area contributed by atoms with Gasteiger partial charge in [-0.15, -0.1) is 11.3 Å². The van der Waals surface area contributed by atoms with Gasteiger partial charge in [-0.1, -0.05) is 18.2 Å². The number of likely N-dealkylation sites (tertiary alicyclic amines) is 1. The predicted octanol–water partition coefficient (Wildman–Crippen LogP) is 4.81. The van der Waals surface area contributed by atoms with Crippen molar-refractivity contribution in [1.82, 2.24) is 14.8 Å². The number of hydrogen-bond acceptors (Lipinski definition) is 6. The Hall–Kier alpha value is -2.64. The number of hydrogen-bond donors (Lipinski definition) is 0. The third-order valence-electron chi connectivity index (χ3n) is 6.50. The molecule has 2 aromatic carbocycles. The van der Waals surface area contributed by atoms with Crippen LogP contribution in [0.1, 0.15) is 48.8 Å². The number of nitrogens with zero attached hydrogens (tertiary/aromatic N) is 3. The molecule has 0 bridgehead atoms. The van der Waals surface area contributed by atoms with E-state index >= 15 is 0 Å². The zero-order chi connectivity index (χ0) is 22.1. The lowest BCUT2D eigenvalue weighted by Crippen LogP contribution is -2.39. The summed E-state index contributed by atoms with van der Waals surface area (Å²) in [5.41, 5.74) is 2.19. The van der Waals surface area contributed by atoms with Crippen LogP contribution in [-0.2, 0) is 4.79 Å². The zero-order valence-electron chi connectivity index (χ0n) is 18.6. The van der Waals surface area contributed by atoms with Crippen LogP contribution in [0.15, 0.2) is 42.5 Å². The molecule has 3 aromatic rings. The minimum Gasteiger partial charge on any atom is -0.490 e. The van der Waals surface area contributed by atoms with Gasteiger partial charge in [0.1, 0.15) is 5.01 Å². The number of thiazole rings is 1. The van der Waals surface area contributed by atoms with E-state index in [-0.39, 0.29) is 18.0 Å². The van der Waals surface area contributed by atoms with Gasteiger partial charge in [0.2, 0.25) is 5.91 Å². The topological polar surface area (TPSA) is 54.9 Å². The summed E-state index contributed by atoms with van der Waals surface area (Å²) in [6.07, 6.45) is 3.03. The first-order valence-electron chi connectivity index (χ1n) is 11.3. The predicted molar refractivity (Wildman–Crippen MR) is 126 cm³/mol. The summed E-state index contributed by atoms with van der Waals surface area (Å²) in [7, 11) is 1.89. The first kappa shape index (κ1) is 21.2. The number of carbonyl (C=O) groups excluding carboxylic acids is 1. The summed E-state index contributed by atoms with van der Waals surface area (Å²) in [4.78, 5) is 22.1. The number of fused-ring (bicyclic) bond motifs is 2. The third kappa shape index (κ3) is 4.19. The van der Waals surface area contributed by atoms with Crippen LogP contribution in [0, 0.1) is 0 Å². The number of likely N-dealkylation sites (N-methyl/N-ethyl adjacent to an activating group) is 1. The summed E-state index contributed by atoms with van der Waals surface area (Å²) in [5.74, 6) is 1.76. The first-order chi connectivity index (χ1) is 15.6. The molecule has 0 N–H and O–H groups in total. The Balaban J connectivity index is 1.28. The van der Waals surface area contributed by atoms with E-state index in [4.69, 9.17) is 14.5 Å². The van der Waals surface area contributed by atoms with Crippen LogP contribution >= 0.6 is 11.3 Å². The molecule has 0 saturated carbocycles. The Morgan fingerprint density at radius 3 is 2.84 bits per heavy atom. The van der Waals surface area contributed by atoms with Crippen molar-refractivity contribution >= 4 is 27.5 Å². The van der Waals surface area contributed by atoms with Gasteiger partial charge in [-0.3, -0.25) is 9.69 Å². The summed E-state index contributed by atoms with van der Waals surface area (Å²) in [6.45, 7) is 4.76. The molecule has 2 aliphatic rings. The van der Waals surface area contributed by atoms with Crippen molar-refractivity contribution in [1.29, 1.82) is 0 Å². The van der Waals surface area contributed by atoms with Crippen molar-refractivity contribution in [2.24, 2.45) is 0 Å². The summed E-state index contributed by atoms with van der Waals surface area (Å²) >= 11 is 1.66. The maximum Gasteiger partial charge on any atom is 0.237 e. The smallest absolute Gasteiger partial charge is 0.237 e. The molecule has 3 heterocycles. The second-order valence-corrected chi connectivity index (χ2v) is 9.65. The maximum atomic E-state index is 13.2. The van der Waals surface area contributed by atoms with Crippen molar-refractivity contribution in [3.8, 4) is 11.5 Å². The quantitative estimate of drug-likeness (QED) is 0.557. The minimum absolute atomic E-state index is 0.0565. The van der Waals surface area contributed by atoms with Gasteiger partial charge < -0.3 is 14.4 Å². The summed E-state index contributed by atoms with van der Waals surface area (Å²) < 4.78 is 12.8. The summed E-state index contributed by atoms with van der Waals surface area (Å²) in [5, 5.41) is 0.975. The van der Waals surface area contributed by atoms with Crippen molar-refractivity contribution in [3.05, 3.63) is 53.0 Å². The van der Waals surface area contributed by atoms with Gasteiger partial charge in [-0.05, 0) is 56.1 Å². The van der Waals surface area contributed by atoms with Gasteiger partial charge in [0, 0.05) is 19.5 Å². The van der Waals surface area contributed by atoms with Crippen LogP contribution in [0.4, 0.5) is 0 Å². The fourth-order valence-electron chi connectivity index (χ4n) is 4.52. The second kappa shape index (κ2) is 9.08. The SMILES string of the molecule is C[C@H](c1nc2ccccc2s1)N(C)C(=O)CN1CCC[C@H]1c1ccc2c(c1)OCCCO2. The monoisotopic (exact) mass is 451 g/mol. The standard InChI is InChI=1S/C25H29N3O3S/c1-17(25-26-19-7-3-4-9-23(19)32-25)27(2)24(29)16-28-12-5-8-20(28)18-10-11-21-22(15-18)31-14-6-13-30-21/h3-4,7,9-11,15,17,20H,5-6,8,12-14,16H2,1-2H3/t17-,20+/m1/s1. The Morgan fingerprint density at radius 1 is 1.19 bits per heavy atom. The molecule has 6 nitrogen and oxygen atoms in total. The second-order valence-electron chi connectivity index (χ2n) is 8.59. The highest BCUT2D eigenvalue weighted by Gasteiger charge is 2.30. The molecule has 0 unspecified atom stereocenters. The molecular formula is C25H29N3O3S. The largest absolute Gasteiger partial charge is 0.490 e. The van der Waals surface area contributed by atoms with Gasteiger partial charge in [-0.2, -0.15) is 0 Å². The lowest BCUT2D eigenvalue weighted by molar-refractivity contribution is -0.133. The van der Waals surface area contributed by atoms with E-state index in [0.29, 0.717) is 19.8 Å². The molecule has 1 aromatic heterocycles. The number of benzene rings is 2. The van der Waals surface area contributed by atoms with E-state index in [2.05, 4.69) is 30.0 Å². The molecular weight excluding hydrogens is 422 g/mol. The van der Waals surface area contributed by atoms with Crippen LogP contribution in [0.25, 0.3) is 10.2 Å². The van der Waals surface area contributed by atoms with Crippen molar-refractivity contribution < 1.29 is 14.3 Å². The number of rotatable bonds is 5. The number of ether oxygens (including phenoxy) is 2.